The molecule has 0 bridgehead atoms. The Morgan fingerprint density at radius 2 is 2.24 bits per heavy atom. The highest BCUT2D eigenvalue weighted by atomic mass is 15.1. The maximum Gasteiger partial charge on any atom is 0.0621 e. The van der Waals surface area contributed by atoms with Gasteiger partial charge in [-0.05, 0) is 43.4 Å². The average molecular weight is 229 g/mol. The molecule has 17 heavy (non-hydrogen) atoms. The fourth-order valence-electron chi connectivity index (χ4n) is 2.41. The predicted molar refractivity (Wildman–Crippen MR) is 70.9 cm³/mol. The van der Waals surface area contributed by atoms with E-state index in [0.717, 1.165) is 38.0 Å². The second-order valence-electron chi connectivity index (χ2n) is 4.59. The van der Waals surface area contributed by atoms with E-state index < -0.39 is 0 Å². The number of hydrogen-bond donors (Lipinski definition) is 1. The van der Waals surface area contributed by atoms with Crippen molar-refractivity contribution in [2.24, 2.45) is 0 Å². The molecule has 2 rings (SSSR count). The number of hydrogen-bond acceptors (Lipinski definition) is 3. The molecule has 1 heterocycles. The molecule has 3 heteroatoms. The molecule has 0 saturated carbocycles. The molecule has 90 valence electrons. The van der Waals surface area contributed by atoms with E-state index in [-0.39, 0.29) is 0 Å². The van der Waals surface area contributed by atoms with Crippen molar-refractivity contribution < 1.29 is 0 Å². The van der Waals surface area contributed by atoms with E-state index >= 15 is 0 Å². The van der Waals surface area contributed by atoms with Crippen LogP contribution in [0.25, 0.3) is 0 Å². The molecule has 0 fully saturated rings. The standard InChI is InChI=1S/C14H19N3/c15-8-2-1-3-9-17-10-4-5-12-6-7-13(16)11-14(12)17/h6-7,11H,1-5,9-10,16H2. The molecule has 0 aliphatic carbocycles. The Hall–Kier alpha value is -1.69. The highest BCUT2D eigenvalue weighted by Gasteiger charge is 2.16. The fourth-order valence-corrected chi connectivity index (χ4v) is 2.41. The number of nitriles is 1. The van der Waals surface area contributed by atoms with Gasteiger partial charge in [-0.15, -0.1) is 0 Å². The first-order valence-corrected chi connectivity index (χ1v) is 6.31. The van der Waals surface area contributed by atoms with Crippen molar-refractivity contribution in [2.75, 3.05) is 23.7 Å². The molecule has 3 nitrogen and oxygen atoms in total. The number of nitrogen functional groups attached to an aromatic ring is 1. The van der Waals surface area contributed by atoms with Gasteiger partial charge < -0.3 is 10.6 Å². The zero-order chi connectivity index (χ0) is 12.1. The molecule has 2 N–H and O–H groups in total. The van der Waals surface area contributed by atoms with Gasteiger partial charge in [-0.2, -0.15) is 5.26 Å². The van der Waals surface area contributed by atoms with E-state index in [0.29, 0.717) is 6.42 Å². The minimum atomic E-state index is 0.664. The molecule has 0 spiro atoms. The molecule has 1 aliphatic rings. The first kappa shape index (κ1) is 11.8. The summed E-state index contributed by atoms with van der Waals surface area (Å²) in [4.78, 5) is 2.41. The van der Waals surface area contributed by atoms with Gasteiger partial charge in [0.2, 0.25) is 0 Å². The van der Waals surface area contributed by atoms with Crippen LogP contribution in [0.5, 0.6) is 0 Å². The number of nitrogens with zero attached hydrogens (tertiary/aromatic N) is 2. The van der Waals surface area contributed by atoms with Crippen molar-refractivity contribution in [2.45, 2.75) is 32.1 Å². The summed E-state index contributed by atoms with van der Waals surface area (Å²) in [6.07, 6.45) is 5.11. The van der Waals surface area contributed by atoms with Crippen molar-refractivity contribution in [3.63, 3.8) is 0 Å². The number of benzene rings is 1. The number of rotatable bonds is 4. The highest BCUT2D eigenvalue weighted by molar-refractivity contribution is 5.62. The number of unbranched alkanes of at least 4 members (excludes halogenated alkanes) is 2. The highest BCUT2D eigenvalue weighted by Crippen LogP contribution is 2.29. The zero-order valence-electron chi connectivity index (χ0n) is 10.2. The molecule has 1 aromatic carbocycles. The lowest BCUT2D eigenvalue weighted by molar-refractivity contribution is 0.648. The van der Waals surface area contributed by atoms with Crippen LogP contribution in [0.4, 0.5) is 11.4 Å². The zero-order valence-corrected chi connectivity index (χ0v) is 10.2. The molecular formula is C14H19N3. The van der Waals surface area contributed by atoms with Crippen LogP contribution in [-0.2, 0) is 6.42 Å². The summed E-state index contributed by atoms with van der Waals surface area (Å²) in [5, 5.41) is 8.52. The summed E-state index contributed by atoms with van der Waals surface area (Å²) in [6.45, 7) is 2.15. The predicted octanol–water partition coefficient (Wildman–Crippen LogP) is 2.72. The number of anilines is 2. The first-order valence-electron chi connectivity index (χ1n) is 6.31. The van der Waals surface area contributed by atoms with Crippen LogP contribution < -0.4 is 10.6 Å². The number of aryl methyl sites for hydroxylation is 1. The molecule has 0 atom stereocenters. The third-order valence-electron chi connectivity index (χ3n) is 3.29. The SMILES string of the molecule is N#CCCCCN1CCCc2ccc(N)cc21. The molecular weight excluding hydrogens is 210 g/mol. The Kier molecular flexibility index (Phi) is 3.87. The summed E-state index contributed by atoms with van der Waals surface area (Å²) in [6, 6.07) is 8.41. The van der Waals surface area contributed by atoms with Gasteiger partial charge in [0.15, 0.2) is 0 Å². The molecule has 0 saturated heterocycles. The lowest BCUT2D eigenvalue weighted by atomic mass is 10.0. The first-order chi connectivity index (χ1) is 8.31. The Morgan fingerprint density at radius 3 is 3.06 bits per heavy atom. The third-order valence-corrected chi connectivity index (χ3v) is 3.29. The largest absolute Gasteiger partial charge is 0.399 e. The second kappa shape index (κ2) is 5.58. The monoisotopic (exact) mass is 229 g/mol. The van der Waals surface area contributed by atoms with E-state index in [1.54, 1.807) is 0 Å². The maximum atomic E-state index is 8.52. The van der Waals surface area contributed by atoms with E-state index in [4.69, 9.17) is 11.0 Å². The summed E-state index contributed by atoms with van der Waals surface area (Å²) in [7, 11) is 0. The van der Waals surface area contributed by atoms with E-state index in [1.165, 1.54) is 17.7 Å². The lowest BCUT2D eigenvalue weighted by Crippen LogP contribution is -2.30. The van der Waals surface area contributed by atoms with Crippen molar-refractivity contribution in [3.05, 3.63) is 23.8 Å². The minimum Gasteiger partial charge on any atom is -0.399 e. The van der Waals surface area contributed by atoms with Gasteiger partial charge >= 0.3 is 0 Å². The van der Waals surface area contributed by atoms with Crippen LogP contribution >= 0.6 is 0 Å². The normalized spacial score (nSPS) is 14.2. The summed E-state index contributed by atoms with van der Waals surface area (Å²) in [5.74, 6) is 0. The Balaban J connectivity index is 2.01. The van der Waals surface area contributed by atoms with Crippen LogP contribution in [0.3, 0.4) is 0 Å². The molecule has 0 radical (unpaired) electrons. The number of fused-ring (bicyclic) bond motifs is 1. The average Bonchev–Trinajstić information content (AvgIpc) is 2.35. The number of nitrogens with two attached hydrogens (primary N) is 1. The molecule has 0 amide bonds. The summed E-state index contributed by atoms with van der Waals surface area (Å²) in [5.41, 5.74) is 9.40. The smallest absolute Gasteiger partial charge is 0.0621 e. The van der Waals surface area contributed by atoms with Crippen LogP contribution in [0.1, 0.15) is 31.2 Å². The molecule has 1 aliphatic heterocycles. The van der Waals surface area contributed by atoms with E-state index in [9.17, 15) is 0 Å². The van der Waals surface area contributed by atoms with Crippen LogP contribution in [0.2, 0.25) is 0 Å². The lowest BCUT2D eigenvalue weighted by Gasteiger charge is -2.31. The maximum absolute atomic E-state index is 8.52. The summed E-state index contributed by atoms with van der Waals surface area (Å²) < 4.78 is 0. The van der Waals surface area contributed by atoms with Crippen molar-refractivity contribution in [1.29, 1.82) is 5.26 Å². The van der Waals surface area contributed by atoms with Gasteiger partial charge in [0.1, 0.15) is 0 Å². The third kappa shape index (κ3) is 2.91. The van der Waals surface area contributed by atoms with Gasteiger partial charge in [-0.25, -0.2) is 0 Å². The van der Waals surface area contributed by atoms with Gasteiger partial charge in [-0.1, -0.05) is 6.07 Å². The molecule has 0 unspecified atom stereocenters. The topological polar surface area (TPSA) is 53.0 Å². The quantitative estimate of drug-likeness (QED) is 0.638. The van der Waals surface area contributed by atoms with Crippen LogP contribution in [-0.4, -0.2) is 13.1 Å². The Bertz CT molecular complexity index is 420. The van der Waals surface area contributed by atoms with Crippen LogP contribution in [0.15, 0.2) is 18.2 Å². The van der Waals surface area contributed by atoms with Crippen molar-refractivity contribution in [1.82, 2.24) is 0 Å². The second-order valence-corrected chi connectivity index (χ2v) is 4.59. The van der Waals surface area contributed by atoms with Crippen molar-refractivity contribution in [3.8, 4) is 6.07 Å². The fraction of sp³-hybridized carbons (Fsp3) is 0.500. The van der Waals surface area contributed by atoms with Crippen molar-refractivity contribution >= 4 is 11.4 Å². The van der Waals surface area contributed by atoms with Crippen LogP contribution in [0, 0.1) is 11.3 Å². The Morgan fingerprint density at radius 1 is 1.35 bits per heavy atom. The van der Waals surface area contributed by atoms with E-state index in [1.807, 2.05) is 6.07 Å². The molecule has 0 aromatic heterocycles. The Labute approximate surface area is 103 Å². The van der Waals surface area contributed by atoms with Gasteiger partial charge in [-0.3, -0.25) is 0 Å². The molecule has 1 aromatic rings. The van der Waals surface area contributed by atoms with Gasteiger partial charge in [0.25, 0.3) is 0 Å². The van der Waals surface area contributed by atoms with Gasteiger partial charge in [0.05, 0.1) is 6.07 Å². The van der Waals surface area contributed by atoms with Gasteiger partial charge in [0, 0.05) is 30.9 Å². The van der Waals surface area contributed by atoms with E-state index in [2.05, 4.69) is 23.1 Å². The summed E-state index contributed by atoms with van der Waals surface area (Å²) >= 11 is 0. The minimum absolute atomic E-state index is 0.664.